The minimum Gasteiger partial charge on any atom is -0.382 e. The summed E-state index contributed by atoms with van der Waals surface area (Å²) in [5, 5.41) is 16.9. The second-order valence-corrected chi connectivity index (χ2v) is 7.52. The zero-order valence-electron chi connectivity index (χ0n) is 16.9. The molecule has 32 heavy (non-hydrogen) atoms. The van der Waals surface area contributed by atoms with E-state index in [9.17, 15) is 18.7 Å². The van der Waals surface area contributed by atoms with Crippen LogP contribution in [0.5, 0.6) is 0 Å². The lowest BCUT2D eigenvalue weighted by molar-refractivity contribution is -0.124. The fourth-order valence-corrected chi connectivity index (χ4v) is 3.49. The van der Waals surface area contributed by atoms with Crippen LogP contribution in [-0.2, 0) is 4.79 Å². The Hall–Kier alpha value is -3.63. The number of hydrogen-bond donors (Lipinski definition) is 3. The fourth-order valence-electron chi connectivity index (χ4n) is 3.29. The molecule has 4 aromatic rings. The topological polar surface area (TPSA) is 119 Å². The molecule has 8 nitrogen and oxygen atoms in total. The third-order valence-corrected chi connectivity index (χ3v) is 5.00. The lowest BCUT2D eigenvalue weighted by Gasteiger charge is -2.14. The monoisotopic (exact) mass is 458 g/mol. The zero-order chi connectivity index (χ0) is 23.2. The third kappa shape index (κ3) is 3.85. The second kappa shape index (κ2) is 8.13. The summed E-state index contributed by atoms with van der Waals surface area (Å²) in [7, 11) is 0. The van der Waals surface area contributed by atoms with Crippen LogP contribution in [0.4, 0.5) is 20.3 Å². The lowest BCUT2D eigenvalue weighted by atomic mass is 10.1. The Labute approximate surface area is 185 Å². The normalized spacial score (nSPS) is 12.2. The van der Waals surface area contributed by atoms with Gasteiger partial charge in [0.1, 0.15) is 28.4 Å². The average molecular weight is 459 g/mol. The van der Waals surface area contributed by atoms with Gasteiger partial charge in [0.15, 0.2) is 17.7 Å². The Kier molecular flexibility index (Phi) is 5.49. The van der Waals surface area contributed by atoms with Gasteiger partial charge in [0.25, 0.3) is 5.91 Å². The summed E-state index contributed by atoms with van der Waals surface area (Å²) in [4.78, 5) is 20.7. The van der Waals surface area contributed by atoms with E-state index in [1.807, 2.05) is 0 Å². The molecule has 0 aliphatic carbocycles. The van der Waals surface area contributed by atoms with Crippen molar-refractivity contribution in [2.45, 2.75) is 20.0 Å². The molecule has 1 unspecified atom stereocenters. The Balaban J connectivity index is 1.69. The SMILES string of the molecule is Cc1nc(N)c2c(n1)c(C)nn2-c1cc(F)c(NC(=O)C(O)c2cccc(Cl)c2)cc1F. The maximum Gasteiger partial charge on any atom is 0.257 e. The van der Waals surface area contributed by atoms with Crippen LogP contribution in [0, 0.1) is 25.5 Å². The lowest BCUT2D eigenvalue weighted by Crippen LogP contribution is -2.21. The van der Waals surface area contributed by atoms with Crippen molar-refractivity contribution < 1.29 is 18.7 Å². The van der Waals surface area contributed by atoms with Crippen LogP contribution in [0.25, 0.3) is 16.7 Å². The molecule has 2 heterocycles. The van der Waals surface area contributed by atoms with Crippen LogP contribution >= 0.6 is 11.6 Å². The molecule has 0 saturated carbocycles. The van der Waals surface area contributed by atoms with Gasteiger partial charge >= 0.3 is 0 Å². The first kappa shape index (κ1) is 21.6. The Bertz CT molecular complexity index is 1370. The molecule has 0 aliphatic rings. The molecule has 4 rings (SSSR count). The van der Waals surface area contributed by atoms with Gasteiger partial charge in [0.05, 0.1) is 11.4 Å². The molecule has 1 atom stereocenters. The molecule has 0 spiro atoms. The number of aliphatic hydroxyl groups excluding tert-OH is 1. The van der Waals surface area contributed by atoms with E-state index in [1.54, 1.807) is 26.0 Å². The number of nitrogen functional groups attached to an aromatic ring is 1. The van der Waals surface area contributed by atoms with Crippen molar-refractivity contribution in [2.24, 2.45) is 0 Å². The highest BCUT2D eigenvalue weighted by molar-refractivity contribution is 6.30. The van der Waals surface area contributed by atoms with Gasteiger partial charge in [-0.1, -0.05) is 23.7 Å². The molecule has 2 aromatic heterocycles. The summed E-state index contributed by atoms with van der Waals surface area (Å²) in [6.45, 7) is 3.31. The summed E-state index contributed by atoms with van der Waals surface area (Å²) >= 11 is 5.86. The number of amides is 1. The van der Waals surface area contributed by atoms with Gasteiger partial charge in [-0.05, 0) is 31.5 Å². The maximum absolute atomic E-state index is 15.0. The molecule has 4 N–H and O–H groups in total. The Morgan fingerprint density at radius 2 is 1.94 bits per heavy atom. The number of nitrogens with one attached hydrogen (secondary N) is 1. The average Bonchev–Trinajstić information content (AvgIpc) is 3.06. The van der Waals surface area contributed by atoms with Gasteiger partial charge in [-0.3, -0.25) is 4.79 Å². The summed E-state index contributed by atoms with van der Waals surface area (Å²) < 4.78 is 30.9. The van der Waals surface area contributed by atoms with E-state index in [4.69, 9.17) is 17.3 Å². The number of aliphatic hydroxyl groups is 1. The summed E-state index contributed by atoms with van der Waals surface area (Å²) in [6.07, 6.45) is -1.63. The quantitative estimate of drug-likeness (QED) is 0.430. The molecule has 0 radical (unpaired) electrons. The van der Waals surface area contributed by atoms with Gasteiger partial charge in [0, 0.05) is 17.2 Å². The Morgan fingerprint density at radius 3 is 2.66 bits per heavy atom. The number of hydrogen-bond acceptors (Lipinski definition) is 6. The number of rotatable bonds is 4. The van der Waals surface area contributed by atoms with Crippen molar-refractivity contribution in [3.05, 3.63) is 70.1 Å². The van der Waals surface area contributed by atoms with E-state index in [-0.39, 0.29) is 22.6 Å². The highest BCUT2D eigenvalue weighted by Gasteiger charge is 2.22. The van der Waals surface area contributed by atoms with E-state index < -0.39 is 29.3 Å². The van der Waals surface area contributed by atoms with Crippen molar-refractivity contribution in [3.8, 4) is 5.69 Å². The van der Waals surface area contributed by atoms with Gasteiger partial charge < -0.3 is 16.2 Å². The van der Waals surface area contributed by atoms with Crippen molar-refractivity contribution in [1.82, 2.24) is 19.7 Å². The standard InChI is InChI=1S/C21H17ClF2N6O2/c1-9-17-18(20(25)27-10(2)26-17)30(29-9)16-8-13(23)15(7-14(16)24)28-21(32)19(31)11-4-3-5-12(22)6-11/h3-8,19,31H,1-2H3,(H,28,32)(H2,25,26,27). The largest absolute Gasteiger partial charge is 0.382 e. The van der Waals surface area contributed by atoms with Crippen LogP contribution in [0.3, 0.4) is 0 Å². The van der Waals surface area contributed by atoms with Gasteiger partial charge in [-0.15, -0.1) is 0 Å². The van der Waals surface area contributed by atoms with E-state index in [0.29, 0.717) is 22.1 Å². The summed E-state index contributed by atoms with van der Waals surface area (Å²) in [5.74, 6) is -2.30. The number of nitrogens with two attached hydrogens (primary N) is 1. The molecule has 0 fully saturated rings. The molecule has 164 valence electrons. The van der Waals surface area contributed by atoms with E-state index in [0.717, 1.165) is 16.8 Å². The number of halogens is 3. The van der Waals surface area contributed by atoms with Gasteiger partial charge in [-0.25, -0.2) is 23.4 Å². The van der Waals surface area contributed by atoms with Crippen LogP contribution in [-0.4, -0.2) is 30.8 Å². The molecule has 0 saturated heterocycles. The minimum atomic E-state index is -1.63. The van der Waals surface area contributed by atoms with Crippen molar-refractivity contribution >= 4 is 40.0 Å². The number of aryl methyl sites for hydroxylation is 2. The van der Waals surface area contributed by atoms with Gasteiger partial charge in [-0.2, -0.15) is 5.10 Å². The number of nitrogens with zero attached hydrogens (tertiary/aromatic N) is 4. The van der Waals surface area contributed by atoms with Crippen molar-refractivity contribution in [3.63, 3.8) is 0 Å². The first-order chi connectivity index (χ1) is 15.2. The van der Waals surface area contributed by atoms with Crippen molar-refractivity contribution in [1.29, 1.82) is 0 Å². The molecule has 0 aliphatic heterocycles. The summed E-state index contributed by atoms with van der Waals surface area (Å²) in [6, 6.07) is 7.66. The van der Waals surface area contributed by atoms with E-state index in [1.165, 1.54) is 12.1 Å². The number of aromatic nitrogens is 4. The number of anilines is 2. The smallest absolute Gasteiger partial charge is 0.257 e. The molecular weight excluding hydrogens is 442 g/mol. The minimum absolute atomic E-state index is 0.0648. The second-order valence-electron chi connectivity index (χ2n) is 7.08. The molecule has 0 bridgehead atoms. The molecule has 1 amide bonds. The van der Waals surface area contributed by atoms with Crippen LogP contribution in [0.15, 0.2) is 36.4 Å². The number of carbonyl (C=O) groups is 1. The predicted molar refractivity (Wildman–Crippen MR) is 116 cm³/mol. The van der Waals surface area contributed by atoms with E-state index >= 15 is 0 Å². The molecule has 2 aromatic carbocycles. The van der Waals surface area contributed by atoms with Crippen molar-refractivity contribution in [2.75, 3.05) is 11.1 Å². The van der Waals surface area contributed by atoms with Crippen LogP contribution < -0.4 is 11.1 Å². The van der Waals surface area contributed by atoms with E-state index in [2.05, 4.69) is 20.4 Å². The van der Waals surface area contributed by atoms with Crippen LogP contribution in [0.2, 0.25) is 5.02 Å². The summed E-state index contributed by atoms with van der Waals surface area (Å²) in [5.41, 5.74) is 6.59. The fraction of sp³-hybridized carbons (Fsp3) is 0.143. The van der Waals surface area contributed by atoms with Crippen LogP contribution in [0.1, 0.15) is 23.2 Å². The molecular formula is C21H17ClF2N6O2. The first-order valence-electron chi connectivity index (χ1n) is 9.39. The predicted octanol–water partition coefficient (Wildman–Crippen LogP) is 3.62. The number of fused-ring (bicyclic) bond motifs is 1. The molecule has 11 heteroatoms. The first-order valence-corrected chi connectivity index (χ1v) is 9.76. The Morgan fingerprint density at radius 1 is 1.19 bits per heavy atom. The maximum atomic E-state index is 15.0. The number of benzene rings is 2. The zero-order valence-corrected chi connectivity index (χ0v) is 17.7. The third-order valence-electron chi connectivity index (χ3n) is 4.76. The van der Waals surface area contributed by atoms with Gasteiger partial charge in [0.2, 0.25) is 0 Å². The highest BCUT2D eigenvalue weighted by Crippen LogP contribution is 2.29. The highest BCUT2D eigenvalue weighted by atomic mass is 35.5. The number of carbonyl (C=O) groups excluding carboxylic acids is 1.